The van der Waals surface area contributed by atoms with Crippen LogP contribution in [0.4, 0.5) is 0 Å². The van der Waals surface area contributed by atoms with Gasteiger partial charge in [-0.3, -0.25) is 14.4 Å². The van der Waals surface area contributed by atoms with Crippen molar-refractivity contribution >= 4 is 17.8 Å². The molecule has 1 amide bonds. The van der Waals surface area contributed by atoms with Crippen LogP contribution < -0.4 is 5.32 Å². The molecular formula is C15H25NO6. The molecular weight excluding hydrogens is 290 g/mol. The van der Waals surface area contributed by atoms with Crippen molar-refractivity contribution in [3.8, 4) is 0 Å². The highest BCUT2D eigenvalue weighted by atomic mass is 16.7. The summed E-state index contributed by atoms with van der Waals surface area (Å²) >= 11 is 0. The van der Waals surface area contributed by atoms with Crippen LogP contribution in [0.2, 0.25) is 0 Å². The van der Waals surface area contributed by atoms with Crippen LogP contribution in [0, 0.1) is 11.8 Å². The first-order valence-corrected chi connectivity index (χ1v) is 7.51. The van der Waals surface area contributed by atoms with Gasteiger partial charge in [-0.15, -0.1) is 0 Å². The molecule has 22 heavy (non-hydrogen) atoms. The van der Waals surface area contributed by atoms with Crippen LogP contribution in [0.5, 0.6) is 0 Å². The monoisotopic (exact) mass is 315 g/mol. The van der Waals surface area contributed by atoms with Crippen LogP contribution in [0.25, 0.3) is 0 Å². The lowest BCUT2D eigenvalue weighted by Crippen LogP contribution is -2.58. The summed E-state index contributed by atoms with van der Waals surface area (Å²) in [5.41, 5.74) is 0. The number of hydrogen-bond donors (Lipinski definition) is 1. The zero-order valence-electron chi connectivity index (χ0n) is 13.8. The second-order valence-electron chi connectivity index (χ2n) is 5.62. The molecule has 0 radical (unpaired) electrons. The molecule has 1 aliphatic rings. The highest BCUT2D eigenvalue weighted by molar-refractivity contribution is 5.76. The average Bonchev–Trinajstić information content (AvgIpc) is 2.44. The first-order valence-electron chi connectivity index (χ1n) is 7.51. The lowest BCUT2D eigenvalue weighted by atomic mass is 9.82. The van der Waals surface area contributed by atoms with Crippen LogP contribution in [-0.2, 0) is 28.6 Å². The Morgan fingerprint density at radius 2 is 1.73 bits per heavy atom. The topological polar surface area (TPSA) is 90.9 Å². The van der Waals surface area contributed by atoms with E-state index >= 15 is 0 Å². The summed E-state index contributed by atoms with van der Waals surface area (Å²) in [5.74, 6) is -1.01. The fourth-order valence-corrected chi connectivity index (χ4v) is 2.44. The molecule has 0 aromatic heterocycles. The van der Waals surface area contributed by atoms with Gasteiger partial charge in [-0.25, -0.2) is 0 Å². The van der Waals surface area contributed by atoms with E-state index in [0.29, 0.717) is 6.42 Å². The van der Waals surface area contributed by atoms with Gasteiger partial charge in [0, 0.05) is 20.3 Å². The number of hydrogen-bond acceptors (Lipinski definition) is 6. The van der Waals surface area contributed by atoms with Gasteiger partial charge in [0.2, 0.25) is 12.2 Å². The van der Waals surface area contributed by atoms with Gasteiger partial charge in [0.1, 0.15) is 6.61 Å². The fourth-order valence-electron chi connectivity index (χ4n) is 2.44. The molecule has 0 saturated carbocycles. The first kappa shape index (κ1) is 18.4. The second-order valence-corrected chi connectivity index (χ2v) is 5.62. The number of amides is 1. The number of esters is 2. The van der Waals surface area contributed by atoms with Gasteiger partial charge in [-0.1, -0.05) is 20.8 Å². The van der Waals surface area contributed by atoms with Gasteiger partial charge < -0.3 is 19.5 Å². The average molecular weight is 315 g/mol. The summed E-state index contributed by atoms with van der Waals surface area (Å²) in [6.45, 7) is 8.35. The van der Waals surface area contributed by atoms with Gasteiger partial charge in [0.05, 0.1) is 12.1 Å². The molecule has 7 heteroatoms. The summed E-state index contributed by atoms with van der Waals surface area (Å²) < 4.78 is 15.9. The van der Waals surface area contributed by atoms with Gasteiger partial charge in [-0.2, -0.15) is 0 Å². The summed E-state index contributed by atoms with van der Waals surface area (Å²) in [7, 11) is 0. The van der Waals surface area contributed by atoms with Crippen molar-refractivity contribution in [2.24, 2.45) is 11.8 Å². The van der Waals surface area contributed by atoms with Crippen molar-refractivity contribution in [3.05, 3.63) is 0 Å². The van der Waals surface area contributed by atoms with Crippen molar-refractivity contribution in [2.45, 2.75) is 59.5 Å². The Kier molecular flexibility index (Phi) is 6.80. The summed E-state index contributed by atoms with van der Waals surface area (Å²) in [5, 5.41) is 2.84. The smallest absolute Gasteiger partial charge is 0.305 e. The number of ether oxygens (including phenoxy) is 3. The molecule has 0 bridgehead atoms. The highest BCUT2D eigenvalue weighted by Gasteiger charge is 2.44. The predicted octanol–water partition coefficient (Wildman–Crippen LogP) is 1.00. The van der Waals surface area contributed by atoms with E-state index in [4.69, 9.17) is 14.2 Å². The Balaban J connectivity index is 2.86. The predicted molar refractivity (Wildman–Crippen MR) is 77.6 cm³/mol. The van der Waals surface area contributed by atoms with E-state index in [1.54, 1.807) is 6.92 Å². The Labute approximate surface area is 130 Å². The molecule has 0 aromatic carbocycles. The molecule has 0 aliphatic carbocycles. The fraction of sp³-hybridized carbons (Fsp3) is 0.800. The highest BCUT2D eigenvalue weighted by Crippen LogP contribution is 2.31. The first-order chi connectivity index (χ1) is 10.3. The molecule has 1 aliphatic heterocycles. The summed E-state index contributed by atoms with van der Waals surface area (Å²) in [4.78, 5) is 33.9. The van der Waals surface area contributed by atoms with Gasteiger partial charge in [0.15, 0.2) is 0 Å². The largest absolute Gasteiger partial charge is 0.463 e. The molecule has 126 valence electrons. The third kappa shape index (κ3) is 4.98. The van der Waals surface area contributed by atoms with Gasteiger partial charge in [-0.05, 0) is 11.8 Å². The molecule has 1 rings (SSSR count). The lowest BCUT2D eigenvalue weighted by Gasteiger charge is -2.43. The van der Waals surface area contributed by atoms with Crippen molar-refractivity contribution in [3.63, 3.8) is 0 Å². The number of nitrogens with one attached hydrogen (secondary N) is 1. The summed E-state index contributed by atoms with van der Waals surface area (Å²) in [6.07, 6.45) is -0.945. The Hall–Kier alpha value is -1.63. The molecule has 7 nitrogen and oxygen atoms in total. The van der Waals surface area contributed by atoms with Crippen molar-refractivity contribution in [2.75, 3.05) is 6.61 Å². The van der Waals surface area contributed by atoms with Crippen LogP contribution >= 0.6 is 0 Å². The third-order valence-corrected chi connectivity index (χ3v) is 3.97. The molecule has 1 saturated heterocycles. The van der Waals surface area contributed by atoms with E-state index in [-0.39, 0.29) is 24.3 Å². The van der Waals surface area contributed by atoms with Crippen LogP contribution in [0.1, 0.15) is 41.0 Å². The minimum Gasteiger partial charge on any atom is -0.463 e. The van der Waals surface area contributed by atoms with Crippen molar-refractivity contribution in [1.29, 1.82) is 0 Å². The number of carbonyl (C=O) groups excluding carboxylic acids is 3. The maximum Gasteiger partial charge on any atom is 0.305 e. The van der Waals surface area contributed by atoms with E-state index in [1.165, 1.54) is 13.8 Å². The Bertz CT molecular complexity index is 424. The Morgan fingerprint density at radius 3 is 2.23 bits per heavy atom. The van der Waals surface area contributed by atoms with Crippen molar-refractivity contribution in [1.82, 2.24) is 5.32 Å². The van der Waals surface area contributed by atoms with E-state index in [9.17, 15) is 14.4 Å². The molecule has 1 N–H and O–H groups in total. The van der Waals surface area contributed by atoms with Crippen LogP contribution in [0.3, 0.4) is 0 Å². The van der Waals surface area contributed by atoms with Crippen LogP contribution in [-0.4, -0.2) is 42.9 Å². The molecule has 5 atom stereocenters. The van der Waals surface area contributed by atoms with Crippen molar-refractivity contribution < 1.29 is 28.6 Å². The van der Waals surface area contributed by atoms with E-state index in [2.05, 4.69) is 5.32 Å². The standard InChI is InChI=1S/C15H25NO6/c1-6-13(19)16-14-9(3)8(2)12(7-20-10(4)17)22-15(14)21-11(5)18/h8-9,12,14-15H,6-7H2,1-5H3,(H,16,19)/t8-,9-,12?,14?,15?/m0/s1. The maximum atomic E-state index is 11.7. The number of rotatable bonds is 5. The minimum absolute atomic E-state index is 0.00541. The normalized spacial score (nSPS) is 31.2. The maximum absolute atomic E-state index is 11.7. The molecule has 3 unspecified atom stereocenters. The molecule has 1 heterocycles. The molecule has 0 aromatic rings. The zero-order chi connectivity index (χ0) is 16.9. The Morgan fingerprint density at radius 1 is 1.09 bits per heavy atom. The summed E-state index contributed by atoms with van der Waals surface area (Å²) in [6, 6.07) is -0.431. The molecule has 0 spiro atoms. The molecule has 1 fully saturated rings. The quantitative estimate of drug-likeness (QED) is 0.761. The van der Waals surface area contributed by atoms with E-state index < -0.39 is 30.4 Å². The minimum atomic E-state index is -0.889. The zero-order valence-corrected chi connectivity index (χ0v) is 13.8. The number of carbonyl (C=O) groups is 3. The van der Waals surface area contributed by atoms with Gasteiger partial charge >= 0.3 is 11.9 Å². The third-order valence-electron chi connectivity index (χ3n) is 3.97. The second kappa shape index (κ2) is 8.12. The van der Waals surface area contributed by atoms with E-state index in [0.717, 1.165) is 0 Å². The lowest BCUT2D eigenvalue weighted by molar-refractivity contribution is -0.238. The van der Waals surface area contributed by atoms with Crippen LogP contribution in [0.15, 0.2) is 0 Å². The van der Waals surface area contributed by atoms with E-state index in [1.807, 2.05) is 13.8 Å². The van der Waals surface area contributed by atoms with Gasteiger partial charge in [0.25, 0.3) is 0 Å². The SMILES string of the molecule is CCC(=O)NC1C(OC(C)=O)OC(COC(C)=O)[C@@H](C)[C@@H]1C.